The molecule has 0 aliphatic rings. The van der Waals surface area contributed by atoms with Crippen LogP contribution in [0.3, 0.4) is 0 Å². The Morgan fingerprint density at radius 2 is 1.18 bits per heavy atom. The van der Waals surface area contributed by atoms with Crippen molar-refractivity contribution in [1.82, 2.24) is 9.97 Å². The van der Waals surface area contributed by atoms with Gasteiger partial charge in [0, 0.05) is 35.2 Å². The maximum Gasteiger partial charge on any atom is 0.0318 e. The molecule has 8 aromatic rings. The molecule has 2 heterocycles. The first-order chi connectivity index (χ1) is 24.4. The Morgan fingerprint density at radius 3 is 1.84 bits per heavy atom. The second-order valence-electron chi connectivity index (χ2n) is 11.9. The van der Waals surface area contributed by atoms with Crippen LogP contribution < -0.4 is 0 Å². The molecule has 2 nitrogen and oxygen atoms in total. The Balaban J connectivity index is 0.000000291. The van der Waals surface area contributed by atoms with E-state index in [2.05, 4.69) is 113 Å². The van der Waals surface area contributed by atoms with E-state index < -0.39 is 6.37 Å². The average molecular weight is 811 g/mol. The van der Waals surface area contributed by atoms with Gasteiger partial charge in [-0.05, 0) is 63.5 Å². The molecule has 0 amide bonds. The summed E-state index contributed by atoms with van der Waals surface area (Å²) in [6, 6.07) is 57.9. The molecular weight excluding hydrogens is 773 g/mol. The molecule has 0 saturated heterocycles. The van der Waals surface area contributed by atoms with Crippen molar-refractivity contribution >= 4 is 21.5 Å². The summed E-state index contributed by atoms with van der Waals surface area (Å²) in [6.45, 7) is 3.81. The van der Waals surface area contributed by atoms with E-state index in [1.165, 1.54) is 27.5 Å². The van der Waals surface area contributed by atoms with Crippen LogP contribution in [0.4, 0.5) is 0 Å². The zero-order chi connectivity index (χ0) is 34.5. The zero-order valence-corrected chi connectivity index (χ0v) is 29.8. The molecule has 2 aromatic heterocycles. The van der Waals surface area contributed by atoms with Crippen LogP contribution >= 0.6 is 0 Å². The molecule has 0 aliphatic heterocycles. The SMILES string of the molecule is [2H]C([2H])(c1ccnc(-c2[c-]cc3c(c2)c(-c2ccccc2)c(-c2ccccc2)c2ccccc23)c1)C(C)C.[Ir].[c-]1ccccc1-c1ccccn1. The predicted molar refractivity (Wildman–Crippen MR) is 201 cm³/mol. The summed E-state index contributed by atoms with van der Waals surface area (Å²) in [7, 11) is 0. The maximum atomic E-state index is 8.60. The van der Waals surface area contributed by atoms with E-state index in [1.54, 1.807) is 18.5 Å². The first kappa shape index (κ1) is 31.1. The van der Waals surface area contributed by atoms with Crippen LogP contribution in [0, 0.1) is 18.1 Å². The van der Waals surface area contributed by atoms with E-state index in [1.807, 2.05) is 68.4 Å². The molecule has 6 aromatic carbocycles. The smallest absolute Gasteiger partial charge is 0.0318 e. The predicted octanol–water partition coefficient (Wildman–Crippen LogP) is 11.9. The zero-order valence-electron chi connectivity index (χ0n) is 29.4. The Hall–Kier alpha value is -5.21. The number of nitrogens with zero attached hydrogens (tertiary/aromatic N) is 2. The van der Waals surface area contributed by atoms with Crippen molar-refractivity contribution in [3.8, 4) is 44.8 Å². The van der Waals surface area contributed by atoms with Gasteiger partial charge in [-0.2, -0.15) is 0 Å². The number of pyridine rings is 2. The first-order valence-electron chi connectivity index (χ1n) is 17.3. The van der Waals surface area contributed by atoms with Crippen molar-refractivity contribution in [2.45, 2.75) is 20.2 Å². The molecule has 0 spiro atoms. The van der Waals surface area contributed by atoms with Gasteiger partial charge in [0.15, 0.2) is 0 Å². The summed E-state index contributed by atoms with van der Waals surface area (Å²) in [4.78, 5) is 8.85. The van der Waals surface area contributed by atoms with Gasteiger partial charge in [0.1, 0.15) is 0 Å². The molecule has 0 fully saturated rings. The number of hydrogen-bond donors (Lipinski definition) is 0. The fourth-order valence-electron chi connectivity index (χ4n) is 6.16. The normalized spacial score (nSPS) is 11.7. The number of hydrogen-bond acceptors (Lipinski definition) is 2. The summed E-state index contributed by atoms with van der Waals surface area (Å²) in [6.07, 6.45) is 2.05. The molecule has 1 radical (unpaired) electrons. The van der Waals surface area contributed by atoms with Crippen LogP contribution in [-0.2, 0) is 26.5 Å². The van der Waals surface area contributed by atoms with Crippen molar-refractivity contribution in [3.05, 3.63) is 182 Å². The first-order valence-corrected chi connectivity index (χ1v) is 16.3. The van der Waals surface area contributed by atoms with Gasteiger partial charge in [0.25, 0.3) is 0 Å². The van der Waals surface area contributed by atoms with E-state index >= 15 is 0 Å². The summed E-state index contributed by atoms with van der Waals surface area (Å²) >= 11 is 0. The third kappa shape index (κ3) is 7.60. The van der Waals surface area contributed by atoms with E-state index in [0.29, 0.717) is 5.56 Å². The summed E-state index contributed by atoms with van der Waals surface area (Å²) < 4.78 is 17.2. The monoisotopic (exact) mass is 811 g/mol. The Bertz CT molecular complexity index is 2330. The Labute approximate surface area is 305 Å². The number of benzene rings is 6. The number of rotatable bonds is 6. The van der Waals surface area contributed by atoms with E-state index in [4.69, 9.17) is 2.74 Å². The standard InChI is InChI=1S/C35H28N.C11H8N.Ir/c1-24(2)21-25-19-20-36-33(22-25)28-17-18-30-29-15-9-10-16-31(29)34(26-11-5-3-6-12-26)35(32(30)23-28)27-13-7-4-8-14-27;1-2-6-10(7-3-1)11-8-4-5-9-12-11;/h3-16,18-20,22-24H,21H2,1-2H3;1-6,8-9H;/q2*-1;/i21D2;;. The van der Waals surface area contributed by atoms with Gasteiger partial charge in [-0.1, -0.05) is 139 Å². The minimum absolute atomic E-state index is 0. The average Bonchev–Trinajstić information content (AvgIpc) is 3.18. The summed E-state index contributed by atoms with van der Waals surface area (Å²) in [5, 5.41) is 4.65. The summed E-state index contributed by atoms with van der Waals surface area (Å²) in [5.74, 6) is -0.150. The van der Waals surface area contributed by atoms with Crippen LogP contribution in [0.1, 0.15) is 22.2 Å². The Kier molecular flexibility index (Phi) is 10.0. The molecule has 0 atom stereocenters. The molecular formula is C46H36IrN2-2. The Morgan fingerprint density at radius 1 is 0.551 bits per heavy atom. The molecule has 0 N–H and O–H groups in total. The van der Waals surface area contributed by atoms with E-state index in [0.717, 1.165) is 38.9 Å². The van der Waals surface area contributed by atoms with Crippen LogP contribution in [0.5, 0.6) is 0 Å². The maximum absolute atomic E-state index is 8.60. The van der Waals surface area contributed by atoms with Crippen molar-refractivity contribution in [1.29, 1.82) is 0 Å². The van der Waals surface area contributed by atoms with Crippen molar-refractivity contribution in [2.75, 3.05) is 0 Å². The van der Waals surface area contributed by atoms with Crippen molar-refractivity contribution in [2.24, 2.45) is 5.92 Å². The number of aromatic nitrogens is 2. The molecule has 8 rings (SSSR count). The van der Waals surface area contributed by atoms with E-state index in [9.17, 15) is 0 Å². The topological polar surface area (TPSA) is 25.8 Å². The number of fused-ring (bicyclic) bond motifs is 3. The molecule has 0 aliphatic carbocycles. The molecule has 0 unspecified atom stereocenters. The second-order valence-corrected chi connectivity index (χ2v) is 11.9. The van der Waals surface area contributed by atoms with Gasteiger partial charge in [0.2, 0.25) is 0 Å². The van der Waals surface area contributed by atoms with Gasteiger partial charge < -0.3 is 9.97 Å². The van der Waals surface area contributed by atoms with Gasteiger partial charge >= 0.3 is 0 Å². The van der Waals surface area contributed by atoms with Gasteiger partial charge in [-0.15, -0.1) is 59.7 Å². The van der Waals surface area contributed by atoms with Crippen LogP contribution in [0.15, 0.2) is 164 Å². The third-order valence-electron chi connectivity index (χ3n) is 8.22. The minimum Gasteiger partial charge on any atom is -0.305 e. The van der Waals surface area contributed by atoms with E-state index in [-0.39, 0.29) is 26.0 Å². The van der Waals surface area contributed by atoms with Gasteiger partial charge in [-0.25, -0.2) is 0 Å². The van der Waals surface area contributed by atoms with Crippen LogP contribution in [-0.4, -0.2) is 9.97 Å². The molecule has 0 saturated carbocycles. The van der Waals surface area contributed by atoms with Crippen LogP contribution in [0.2, 0.25) is 0 Å². The fourth-order valence-corrected chi connectivity index (χ4v) is 6.16. The van der Waals surface area contributed by atoms with Gasteiger partial charge in [0.05, 0.1) is 0 Å². The molecule has 241 valence electrons. The quantitative estimate of drug-likeness (QED) is 0.123. The summed E-state index contributed by atoms with van der Waals surface area (Å²) in [5.41, 5.74) is 8.92. The fraction of sp³-hybridized carbons (Fsp3) is 0.0870. The molecule has 49 heavy (non-hydrogen) atoms. The van der Waals surface area contributed by atoms with Crippen LogP contribution in [0.25, 0.3) is 66.3 Å². The van der Waals surface area contributed by atoms with Crippen molar-refractivity contribution < 1.29 is 22.8 Å². The van der Waals surface area contributed by atoms with Gasteiger partial charge in [-0.3, -0.25) is 0 Å². The largest absolute Gasteiger partial charge is 0.305 e. The molecule has 0 bridgehead atoms. The minimum atomic E-state index is -1.44. The third-order valence-corrected chi connectivity index (χ3v) is 8.22. The second kappa shape index (κ2) is 15.8. The molecule has 3 heteroatoms. The van der Waals surface area contributed by atoms with Crippen molar-refractivity contribution in [3.63, 3.8) is 0 Å².